The molecule has 19 heavy (non-hydrogen) atoms. The maximum absolute atomic E-state index is 5.19. The number of rotatable bonds is 4. The molecule has 1 aliphatic rings. The molecule has 2 aromatic carbocycles. The summed E-state index contributed by atoms with van der Waals surface area (Å²) in [5, 5.41) is 0. The van der Waals surface area contributed by atoms with Crippen LogP contribution in [-0.2, 0) is 6.54 Å². The highest BCUT2D eigenvalue weighted by atomic mass is 16.5. The van der Waals surface area contributed by atoms with Gasteiger partial charge in [-0.3, -0.25) is 4.90 Å². The third-order valence-electron chi connectivity index (χ3n) is 3.91. The predicted octanol–water partition coefficient (Wildman–Crippen LogP) is 3.64. The molecule has 0 amide bonds. The molecule has 98 valence electrons. The Balaban J connectivity index is 1.68. The molecule has 0 N–H and O–H groups in total. The Morgan fingerprint density at radius 1 is 1.00 bits per heavy atom. The van der Waals surface area contributed by atoms with Crippen LogP contribution in [0.15, 0.2) is 54.6 Å². The average Bonchev–Trinajstić information content (AvgIpc) is 3.10. The van der Waals surface area contributed by atoms with Crippen LogP contribution in [0.1, 0.15) is 24.1 Å². The van der Waals surface area contributed by atoms with Gasteiger partial charge in [-0.05, 0) is 30.2 Å². The molecule has 3 rings (SSSR count). The van der Waals surface area contributed by atoms with Gasteiger partial charge in [-0.2, -0.15) is 0 Å². The van der Waals surface area contributed by atoms with Crippen molar-refractivity contribution < 1.29 is 4.74 Å². The van der Waals surface area contributed by atoms with Crippen LogP contribution < -0.4 is 4.74 Å². The molecule has 0 saturated carbocycles. The molecular formula is C17H19NO. The molecule has 0 radical (unpaired) electrons. The summed E-state index contributed by atoms with van der Waals surface area (Å²) in [6.07, 6.45) is 0. The summed E-state index contributed by atoms with van der Waals surface area (Å²) in [4.78, 5) is 2.51. The standard InChI is InChI=1S/C17H19NO/c1-13-17(15-6-4-3-5-7-15)18(13)12-14-8-10-16(19-2)11-9-14/h3-11,13,17H,12H2,1-2H3/t13-,17-,18?/m0/s1. The third-order valence-corrected chi connectivity index (χ3v) is 3.91. The Labute approximate surface area is 114 Å². The van der Waals surface area contributed by atoms with E-state index in [-0.39, 0.29) is 0 Å². The third kappa shape index (κ3) is 2.49. The minimum Gasteiger partial charge on any atom is -0.497 e. The van der Waals surface area contributed by atoms with Gasteiger partial charge in [0.15, 0.2) is 0 Å². The lowest BCUT2D eigenvalue weighted by molar-refractivity contribution is 0.414. The van der Waals surface area contributed by atoms with Crippen LogP contribution in [0, 0.1) is 0 Å². The van der Waals surface area contributed by atoms with Gasteiger partial charge in [0, 0.05) is 12.6 Å². The highest BCUT2D eigenvalue weighted by Crippen LogP contribution is 2.43. The minimum atomic E-state index is 0.573. The molecule has 1 fully saturated rings. The largest absolute Gasteiger partial charge is 0.497 e. The molecule has 0 aromatic heterocycles. The van der Waals surface area contributed by atoms with Gasteiger partial charge in [-0.25, -0.2) is 0 Å². The molecule has 2 aromatic rings. The topological polar surface area (TPSA) is 12.2 Å². The molecular weight excluding hydrogens is 234 g/mol. The van der Waals surface area contributed by atoms with Gasteiger partial charge in [-0.1, -0.05) is 42.5 Å². The van der Waals surface area contributed by atoms with Crippen molar-refractivity contribution in [3.05, 3.63) is 65.7 Å². The lowest BCUT2D eigenvalue weighted by Crippen LogP contribution is -2.00. The van der Waals surface area contributed by atoms with Crippen molar-refractivity contribution in [3.63, 3.8) is 0 Å². The van der Waals surface area contributed by atoms with Crippen molar-refractivity contribution in [1.29, 1.82) is 0 Å². The summed E-state index contributed by atoms with van der Waals surface area (Å²) in [5.41, 5.74) is 2.76. The van der Waals surface area contributed by atoms with Crippen LogP contribution in [0.5, 0.6) is 5.75 Å². The van der Waals surface area contributed by atoms with Crippen molar-refractivity contribution in [3.8, 4) is 5.75 Å². The highest BCUT2D eigenvalue weighted by molar-refractivity contribution is 5.30. The normalized spacial score (nSPS) is 25.1. The van der Waals surface area contributed by atoms with Crippen molar-refractivity contribution in [2.45, 2.75) is 25.6 Å². The summed E-state index contributed by atoms with van der Waals surface area (Å²) in [6.45, 7) is 3.30. The van der Waals surface area contributed by atoms with Crippen LogP contribution in [0.25, 0.3) is 0 Å². The van der Waals surface area contributed by atoms with E-state index in [1.54, 1.807) is 7.11 Å². The quantitative estimate of drug-likeness (QED) is 0.771. The lowest BCUT2D eigenvalue weighted by atomic mass is 10.1. The van der Waals surface area contributed by atoms with E-state index in [0.29, 0.717) is 12.1 Å². The van der Waals surface area contributed by atoms with E-state index in [1.807, 2.05) is 12.1 Å². The molecule has 0 aliphatic carbocycles. The Hall–Kier alpha value is -1.80. The van der Waals surface area contributed by atoms with Gasteiger partial charge >= 0.3 is 0 Å². The van der Waals surface area contributed by atoms with Crippen LogP contribution in [0.4, 0.5) is 0 Å². The van der Waals surface area contributed by atoms with E-state index in [9.17, 15) is 0 Å². The second-order valence-electron chi connectivity index (χ2n) is 5.12. The molecule has 1 unspecified atom stereocenters. The van der Waals surface area contributed by atoms with E-state index in [1.165, 1.54) is 11.1 Å². The second-order valence-corrected chi connectivity index (χ2v) is 5.12. The number of hydrogen-bond acceptors (Lipinski definition) is 2. The Morgan fingerprint density at radius 3 is 2.32 bits per heavy atom. The van der Waals surface area contributed by atoms with Gasteiger partial charge in [-0.15, -0.1) is 0 Å². The Morgan fingerprint density at radius 2 is 1.68 bits per heavy atom. The maximum atomic E-state index is 5.19. The van der Waals surface area contributed by atoms with E-state index < -0.39 is 0 Å². The van der Waals surface area contributed by atoms with Crippen LogP contribution >= 0.6 is 0 Å². The van der Waals surface area contributed by atoms with Crippen molar-refractivity contribution in [2.75, 3.05) is 7.11 Å². The predicted molar refractivity (Wildman–Crippen MR) is 77.2 cm³/mol. The molecule has 2 nitrogen and oxygen atoms in total. The van der Waals surface area contributed by atoms with Crippen LogP contribution in [0.2, 0.25) is 0 Å². The SMILES string of the molecule is COc1ccc(CN2[C@H](c3ccccc3)[C@@H]2C)cc1. The first kappa shape index (κ1) is 12.2. The Bertz CT molecular complexity index is 535. The highest BCUT2D eigenvalue weighted by Gasteiger charge is 2.44. The number of ether oxygens (including phenoxy) is 1. The zero-order chi connectivity index (χ0) is 13.2. The number of benzene rings is 2. The monoisotopic (exact) mass is 253 g/mol. The molecule has 1 saturated heterocycles. The van der Waals surface area contributed by atoms with Crippen molar-refractivity contribution in [1.82, 2.24) is 4.90 Å². The first-order valence-corrected chi connectivity index (χ1v) is 6.73. The van der Waals surface area contributed by atoms with E-state index in [2.05, 4.69) is 54.3 Å². The van der Waals surface area contributed by atoms with Crippen LogP contribution in [-0.4, -0.2) is 18.1 Å². The lowest BCUT2D eigenvalue weighted by Gasteiger charge is -2.06. The molecule has 0 bridgehead atoms. The molecule has 0 spiro atoms. The number of hydrogen-bond donors (Lipinski definition) is 0. The number of nitrogens with zero attached hydrogens (tertiary/aromatic N) is 1. The van der Waals surface area contributed by atoms with Gasteiger partial charge in [0.1, 0.15) is 5.75 Å². The van der Waals surface area contributed by atoms with Crippen LogP contribution in [0.3, 0.4) is 0 Å². The second kappa shape index (κ2) is 5.06. The Kier molecular flexibility index (Phi) is 3.26. The van der Waals surface area contributed by atoms with E-state index >= 15 is 0 Å². The summed E-state index contributed by atoms with van der Waals surface area (Å²) in [7, 11) is 1.70. The zero-order valence-electron chi connectivity index (χ0n) is 11.4. The minimum absolute atomic E-state index is 0.573. The summed E-state index contributed by atoms with van der Waals surface area (Å²) in [6, 6.07) is 20.3. The van der Waals surface area contributed by atoms with E-state index in [4.69, 9.17) is 4.74 Å². The molecule has 3 atom stereocenters. The van der Waals surface area contributed by atoms with Crippen molar-refractivity contribution in [2.24, 2.45) is 0 Å². The van der Waals surface area contributed by atoms with Gasteiger partial charge in [0.05, 0.1) is 13.2 Å². The maximum Gasteiger partial charge on any atom is 0.118 e. The first-order chi connectivity index (χ1) is 9.29. The molecule has 2 heteroatoms. The first-order valence-electron chi connectivity index (χ1n) is 6.73. The fourth-order valence-electron chi connectivity index (χ4n) is 2.71. The fraction of sp³-hybridized carbons (Fsp3) is 0.294. The summed E-state index contributed by atoms with van der Waals surface area (Å²) >= 11 is 0. The molecule has 1 aliphatic heterocycles. The number of methoxy groups -OCH3 is 1. The van der Waals surface area contributed by atoms with Gasteiger partial charge in [0.25, 0.3) is 0 Å². The van der Waals surface area contributed by atoms with Crippen molar-refractivity contribution >= 4 is 0 Å². The molecule has 1 heterocycles. The summed E-state index contributed by atoms with van der Waals surface area (Å²) in [5.74, 6) is 0.919. The fourth-order valence-corrected chi connectivity index (χ4v) is 2.71. The van der Waals surface area contributed by atoms with Gasteiger partial charge in [0.2, 0.25) is 0 Å². The summed E-state index contributed by atoms with van der Waals surface area (Å²) < 4.78 is 5.19. The van der Waals surface area contributed by atoms with Gasteiger partial charge < -0.3 is 4.74 Å². The van der Waals surface area contributed by atoms with E-state index in [0.717, 1.165) is 12.3 Å². The zero-order valence-corrected chi connectivity index (χ0v) is 11.4. The smallest absolute Gasteiger partial charge is 0.118 e. The average molecular weight is 253 g/mol.